The molecule has 0 saturated carbocycles. The first-order chi connectivity index (χ1) is 8.72. The van der Waals surface area contributed by atoms with Gasteiger partial charge >= 0.3 is 0 Å². The zero-order chi connectivity index (χ0) is 12.5. The molecule has 1 amide bonds. The topological polar surface area (TPSA) is 67.1 Å². The van der Waals surface area contributed by atoms with Gasteiger partial charge in [-0.3, -0.25) is 4.79 Å². The zero-order valence-electron chi connectivity index (χ0n) is 9.73. The number of hydrogen-bond donors (Lipinski definition) is 3. The van der Waals surface area contributed by atoms with Gasteiger partial charge in [-0.2, -0.15) is 0 Å². The van der Waals surface area contributed by atoms with Crippen molar-refractivity contribution < 1.29 is 4.79 Å². The molecule has 1 heterocycles. The highest BCUT2D eigenvalue weighted by Crippen LogP contribution is 2.29. The number of hydrogen-bond acceptors (Lipinski definition) is 3. The fraction of sp³-hybridized carbons (Fsp3) is 0.0714. The Morgan fingerprint density at radius 3 is 2.83 bits per heavy atom. The van der Waals surface area contributed by atoms with E-state index in [0.717, 1.165) is 22.6 Å². The summed E-state index contributed by atoms with van der Waals surface area (Å²) >= 11 is 0. The molecular formula is C14H13N3O. The van der Waals surface area contributed by atoms with Crippen LogP contribution >= 0.6 is 0 Å². The Morgan fingerprint density at radius 2 is 2.00 bits per heavy atom. The maximum Gasteiger partial charge on any atom is 0.228 e. The van der Waals surface area contributed by atoms with Crippen molar-refractivity contribution in [2.75, 3.05) is 16.4 Å². The number of nitrogens with two attached hydrogens (primary N) is 1. The van der Waals surface area contributed by atoms with Crippen molar-refractivity contribution in [2.24, 2.45) is 0 Å². The molecule has 18 heavy (non-hydrogen) atoms. The first-order valence-corrected chi connectivity index (χ1v) is 5.77. The number of nitrogens with one attached hydrogen (secondary N) is 2. The van der Waals surface area contributed by atoms with E-state index in [2.05, 4.69) is 10.6 Å². The quantitative estimate of drug-likeness (QED) is 0.705. The summed E-state index contributed by atoms with van der Waals surface area (Å²) in [6.45, 7) is 0. The van der Waals surface area contributed by atoms with Crippen LogP contribution in [0.25, 0.3) is 0 Å². The van der Waals surface area contributed by atoms with Crippen LogP contribution in [0.3, 0.4) is 0 Å². The number of rotatable bonds is 2. The lowest BCUT2D eigenvalue weighted by Gasteiger charge is -2.10. The van der Waals surface area contributed by atoms with Gasteiger partial charge in [0.1, 0.15) is 0 Å². The minimum atomic E-state index is 0.0429. The lowest BCUT2D eigenvalue weighted by Crippen LogP contribution is -2.03. The summed E-state index contributed by atoms with van der Waals surface area (Å²) < 4.78 is 0. The number of anilines is 4. The lowest BCUT2D eigenvalue weighted by atomic mass is 10.1. The number of fused-ring (bicyclic) bond motifs is 1. The number of carbonyl (C=O) groups excluding carboxylic acids is 1. The van der Waals surface area contributed by atoms with Gasteiger partial charge in [0.25, 0.3) is 0 Å². The van der Waals surface area contributed by atoms with E-state index in [0.29, 0.717) is 12.1 Å². The number of para-hydroxylation sites is 2. The van der Waals surface area contributed by atoms with Crippen LogP contribution in [0, 0.1) is 0 Å². The highest BCUT2D eigenvalue weighted by atomic mass is 16.1. The van der Waals surface area contributed by atoms with Crippen molar-refractivity contribution in [2.45, 2.75) is 6.42 Å². The molecular weight excluding hydrogens is 226 g/mol. The molecule has 0 aromatic heterocycles. The van der Waals surface area contributed by atoms with Crippen molar-refractivity contribution in [3.8, 4) is 0 Å². The fourth-order valence-corrected chi connectivity index (χ4v) is 2.07. The molecule has 1 aliphatic rings. The van der Waals surface area contributed by atoms with Crippen LogP contribution in [0.2, 0.25) is 0 Å². The Hall–Kier alpha value is -2.49. The number of nitrogen functional groups attached to an aromatic ring is 1. The molecule has 2 aromatic carbocycles. The molecule has 0 spiro atoms. The third kappa shape index (κ3) is 1.88. The predicted molar refractivity (Wildman–Crippen MR) is 72.9 cm³/mol. The monoisotopic (exact) mass is 239 g/mol. The van der Waals surface area contributed by atoms with Crippen LogP contribution in [0.1, 0.15) is 5.56 Å². The van der Waals surface area contributed by atoms with Crippen LogP contribution in [0.4, 0.5) is 22.7 Å². The van der Waals surface area contributed by atoms with Gasteiger partial charge < -0.3 is 16.4 Å². The van der Waals surface area contributed by atoms with Crippen molar-refractivity contribution in [3.63, 3.8) is 0 Å². The average Bonchev–Trinajstić information content (AvgIpc) is 2.71. The molecule has 0 saturated heterocycles. The maximum absolute atomic E-state index is 11.3. The molecule has 0 aliphatic carbocycles. The Morgan fingerprint density at radius 1 is 1.17 bits per heavy atom. The van der Waals surface area contributed by atoms with Crippen LogP contribution in [0.15, 0.2) is 42.5 Å². The minimum absolute atomic E-state index is 0.0429. The fourth-order valence-electron chi connectivity index (χ4n) is 2.07. The number of amides is 1. The van der Waals surface area contributed by atoms with E-state index in [1.165, 1.54) is 0 Å². The third-order valence-electron chi connectivity index (χ3n) is 2.97. The molecule has 0 fully saturated rings. The Bertz CT molecular complexity index is 622. The average molecular weight is 239 g/mol. The normalized spacial score (nSPS) is 13.0. The first-order valence-electron chi connectivity index (χ1n) is 5.77. The summed E-state index contributed by atoms with van der Waals surface area (Å²) in [7, 11) is 0. The Balaban J connectivity index is 1.89. The molecule has 4 N–H and O–H groups in total. The molecule has 0 unspecified atom stereocenters. The van der Waals surface area contributed by atoms with Gasteiger partial charge in [-0.25, -0.2) is 0 Å². The smallest absolute Gasteiger partial charge is 0.228 e. The van der Waals surface area contributed by atoms with Gasteiger partial charge in [0, 0.05) is 11.4 Å². The van der Waals surface area contributed by atoms with E-state index in [4.69, 9.17) is 5.73 Å². The summed E-state index contributed by atoms with van der Waals surface area (Å²) in [6.07, 6.45) is 0.440. The highest BCUT2D eigenvalue weighted by Gasteiger charge is 2.17. The molecule has 2 aromatic rings. The molecule has 3 rings (SSSR count). The third-order valence-corrected chi connectivity index (χ3v) is 2.97. The maximum atomic E-state index is 11.3. The van der Waals surface area contributed by atoms with E-state index >= 15 is 0 Å². The highest BCUT2D eigenvalue weighted by molar-refractivity contribution is 5.99. The number of carbonyl (C=O) groups is 1. The molecule has 0 atom stereocenters. The van der Waals surface area contributed by atoms with Crippen molar-refractivity contribution >= 4 is 28.7 Å². The lowest BCUT2D eigenvalue weighted by molar-refractivity contribution is -0.115. The second-order valence-electron chi connectivity index (χ2n) is 4.31. The summed E-state index contributed by atoms with van der Waals surface area (Å²) in [6, 6.07) is 13.4. The zero-order valence-corrected chi connectivity index (χ0v) is 9.73. The van der Waals surface area contributed by atoms with E-state index in [1.807, 2.05) is 42.5 Å². The van der Waals surface area contributed by atoms with Gasteiger partial charge in [-0.1, -0.05) is 12.1 Å². The summed E-state index contributed by atoms with van der Waals surface area (Å²) in [5.74, 6) is 0.0429. The predicted octanol–water partition coefficient (Wildman–Crippen LogP) is 2.51. The SMILES string of the molecule is Nc1ccccc1Nc1ccc2c(c1)CC(=O)N2. The van der Waals surface area contributed by atoms with E-state index in [9.17, 15) is 4.79 Å². The molecule has 0 radical (unpaired) electrons. The summed E-state index contributed by atoms with van der Waals surface area (Å²) in [5.41, 5.74) is 10.3. The van der Waals surface area contributed by atoms with Crippen molar-refractivity contribution in [1.82, 2.24) is 0 Å². The van der Waals surface area contributed by atoms with E-state index in [1.54, 1.807) is 0 Å². The van der Waals surface area contributed by atoms with Crippen molar-refractivity contribution in [3.05, 3.63) is 48.0 Å². The second-order valence-corrected chi connectivity index (χ2v) is 4.31. The largest absolute Gasteiger partial charge is 0.397 e. The minimum Gasteiger partial charge on any atom is -0.397 e. The van der Waals surface area contributed by atoms with Crippen molar-refractivity contribution in [1.29, 1.82) is 0 Å². The molecule has 4 nitrogen and oxygen atoms in total. The Labute approximate surface area is 105 Å². The van der Waals surface area contributed by atoms with Gasteiger partial charge in [0.2, 0.25) is 5.91 Å². The summed E-state index contributed by atoms with van der Waals surface area (Å²) in [5, 5.41) is 6.06. The second kappa shape index (κ2) is 4.07. The van der Waals surface area contributed by atoms with E-state index in [-0.39, 0.29) is 5.91 Å². The van der Waals surface area contributed by atoms with Crippen LogP contribution in [-0.2, 0) is 11.2 Å². The standard InChI is InChI=1S/C14H13N3O/c15-11-3-1-2-4-13(11)16-10-5-6-12-9(7-10)8-14(18)17-12/h1-7,16H,8,15H2,(H,17,18). The van der Waals surface area contributed by atoms with Gasteiger partial charge in [-0.15, -0.1) is 0 Å². The van der Waals surface area contributed by atoms with Gasteiger partial charge in [0.15, 0.2) is 0 Å². The van der Waals surface area contributed by atoms with Crippen LogP contribution in [0.5, 0.6) is 0 Å². The Kier molecular flexibility index (Phi) is 2.41. The van der Waals surface area contributed by atoms with Gasteiger partial charge in [0.05, 0.1) is 17.8 Å². The summed E-state index contributed by atoms with van der Waals surface area (Å²) in [4.78, 5) is 11.3. The first kappa shape index (κ1) is 10.7. The molecule has 90 valence electrons. The number of benzene rings is 2. The van der Waals surface area contributed by atoms with Gasteiger partial charge in [-0.05, 0) is 35.9 Å². The molecule has 4 heteroatoms. The molecule has 0 bridgehead atoms. The van der Waals surface area contributed by atoms with E-state index < -0.39 is 0 Å². The van der Waals surface area contributed by atoms with Crippen LogP contribution in [-0.4, -0.2) is 5.91 Å². The van der Waals surface area contributed by atoms with Crippen LogP contribution < -0.4 is 16.4 Å². The molecule has 1 aliphatic heterocycles.